The molecule has 3 nitrogen and oxygen atoms in total. The number of aryl methyl sites for hydroxylation is 2. The van der Waals surface area contributed by atoms with E-state index in [2.05, 4.69) is 24.4 Å². The van der Waals surface area contributed by atoms with Gasteiger partial charge in [0.1, 0.15) is 6.61 Å². The Morgan fingerprint density at radius 3 is 2.43 bits per heavy atom. The predicted octanol–water partition coefficient (Wildman–Crippen LogP) is 6.81. The summed E-state index contributed by atoms with van der Waals surface area (Å²) < 4.78 is 11.5. The van der Waals surface area contributed by atoms with E-state index in [4.69, 9.17) is 32.7 Å². The molecule has 0 aliphatic carbocycles. The third kappa shape index (κ3) is 5.12. The first-order chi connectivity index (χ1) is 13.5. The Morgan fingerprint density at radius 1 is 0.893 bits per heavy atom. The van der Waals surface area contributed by atoms with E-state index in [0.29, 0.717) is 29.7 Å². The molecule has 0 bridgehead atoms. The van der Waals surface area contributed by atoms with Crippen LogP contribution in [0, 0.1) is 13.8 Å². The number of methoxy groups -OCH3 is 1. The molecule has 0 heterocycles. The summed E-state index contributed by atoms with van der Waals surface area (Å²) in [5.74, 6) is 1.16. The third-order valence-electron chi connectivity index (χ3n) is 4.42. The van der Waals surface area contributed by atoms with E-state index in [1.807, 2.05) is 49.4 Å². The van der Waals surface area contributed by atoms with E-state index < -0.39 is 0 Å². The minimum absolute atomic E-state index is 0.428. The van der Waals surface area contributed by atoms with Crippen LogP contribution in [-0.4, -0.2) is 7.11 Å². The number of rotatable bonds is 7. The van der Waals surface area contributed by atoms with Gasteiger partial charge in [-0.05, 0) is 54.8 Å². The molecule has 0 fully saturated rings. The van der Waals surface area contributed by atoms with Gasteiger partial charge in [0.25, 0.3) is 0 Å². The molecule has 3 rings (SSSR count). The molecule has 28 heavy (non-hydrogen) atoms. The van der Waals surface area contributed by atoms with Gasteiger partial charge in [0.05, 0.1) is 12.1 Å². The highest BCUT2D eigenvalue weighted by atomic mass is 35.5. The maximum atomic E-state index is 6.48. The zero-order valence-electron chi connectivity index (χ0n) is 16.2. The molecule has 0 saturated heterocycles. The summed E-state index contributed by atoms with van der Waals surface area (Å²) in [5.41, 5.74) is 5.26. The smallest absolute Gasteiger partial charge is 0.180 e. The van der Waals surface area contributed by atoms with Crippen molar-refractivity contribution in [1.82, 2.24) is 0 Å². The maximum Gasteiger partial charge on any atom is 0.180 e. The molecule has 0 saturated carbocycles. The van der Waals surface area contributed by atoms with Crippen LogP contribution < -0.4 is 14.8 Å². The molecule has 3 aromatic carbocycles. The lowest BCUT2D eigenvalue weighted by atomic mass is 10.1. The fraction of sp³-hybridized carbons (Fsp3) is 0.217. The Kier molecular flexibility index (Phi) is 6.71. The molecule has 5 heteroatoms. The van der Waals surface area contributed by atoms with Crippen molar-refractivity contribution >= 4 is 28.9 Å². The zero-order valence-corrected chi connectivity index (χ0v) is 17.7. The number of nitrogens with one attached hydrogen (secondary N) is 1. The van der Waals surface area contributed by atoms with Gasteiger partial charge in [0.2, 0.25) is 0 Å². The molecule has 0 aliphatic heterocycles. The van der Waals surface area contributed by atoms with Crippen molar-refractivity contribution in [1.29, 1.82) is 0 Å². The zero-order chi connectivity index (χ0) is 20.1. The van der Waals surface area contributed by atoms with Crippen LogP contribution in [0.5, 0.6) is 11.5 Å². The highest BCUT2D eigenvalue weighted by molar-refractivity contribution is 6.32. The molecular formula is C23H23Cl2NO2. The van der Waals surface area contributed by atoms with Crippen molar-refractivity contribution in [3.8, 4) is 11.5 Å². The number of hydrogen-bond acceptors (Lipinski definition) is 3. The summed E-state index contributed by atoms with van der Waals surface area (Å²) in [6.45, 7) is 5.05. The topological polar surface area (TPSA) is 30.5 Å². The quantitative estimate of drug-likeness (QED) is 0.459. The summed E-state index contributed by atoms with van der Waals surface area (Å²) in [7, 11) is 1.61. The van der Waals surface area contributed by atoms with Gasteiger partial charge >= 0.3 is 0 Å². The number of anilines is 1. The monoisotopic (exact) mass is 415 g/mol. The minimum atomic E-state index is 0.428. The van der Waals surface area contributed by atoms with Gasteiger partial charge in [-0.3, -0.25) is 0 Å². The first kappa shape index (κ1) is 20.4. The first-order valence-corrected chi connectivity index (χ1v) is 9.76. The Labute approximate surface area is 176 Å². The second-order valence-corrected chi connectivity index (χ2v) is 7.52. The van der Waals surface area contributed by atoms with E-state index in [1.165, 1.54) is 5.56 Å². The lowest BCUT2D eigenvalue weighted by molar-refractivity contribution is 0.284. The van der Waals surface area contributed by atoms with Crippen LogP contribution in [0.25, 0.3) is 0 Å². The number of halogens is 2. The average Bonchev–Trinajstić information content (AvgIpc) is 2.67. The fourth-order valence-electron chi connectivity index (χ4n) is 2.88. The predicted molar refractivity (Wildman–Crippen MR) is 117 cm³/mol. The molecule has 0 radical (unpaired) electrons. The first-order valence-electron chi connectivity index (χ1n) is 9.01. The molecular weight excluding hydrogens is 393 g/mol. The largest absolute Gasteiger partial charge is 0.493 e. The van der Waals surface area contributed by atoms with E-state index >= 15 is 0 Å². The number of ether oxygens (including phenoxy) is 2. The second-order valence-electron chi connectivity index (χ2n) is 6.70. The maximum absolute atomic E-state index is 6.48. The lowest BCUT2D eigenvalue weighted by Crippen LogP contribution is -2.03. The van der Waals surface area contributed by atoms with Crippen LogP contribution in [-0.2, 0) is 13.2 Å². The molecule has 0 atom stereocenters. The number of hydrogen-bond donors (Lipinski definition) is 1. The average molecular weight is 416 g/mol. The molecule has 0 spiro atoms. The van der Waals surface area contributed by atoms with Gasteiger partial charge < -0.3 is 14.8 Å². The van der Waals surface area contributed by atoms with Crippen LogP contribution >= 0.6 is 23.2 Å². The van der Waals surface area contributed by atoms with Crippen LogP contribution in [0.4, 0.5) is 5.69 Å². The Balaban J connectivity index is 1.72. The Bertz CT molecular complexity index is 973. The molecule has 0 amide bonds. The van der Waals surface area contributed by atoms with Crippen LogP contribution in [0.3, 0.4) is 0 Å². The summed E-state index contributed by atoms with van der Waals surface area (Å²) in [5, 5.41) is 4.61. The summed E-state index contributed by atoms with van der Waals surface area (Å²) >= 11 is 12.7. The van der Waals surface area contributed by atoms with Crippen molar-refractivity contribution in [3.05, 3.63) is 86.9 Å². The Morgan fingerprint density at radius 2 is 1.71 bits per heavy atom. The molecule has 1 N–H and O–H groups in total. The van der Waals surface area contributed by atoms with E-state index in [1.54, 1.807) is 7.11 Å². The van der Waals surface area contributed by atoms with Crippen LogP contribution in [0.1, 0.15) is 22.3 Å². The summed E-state index contributed by atoms with van der Waals surface area (Å²) in [4.78, 5) is 0. The van der Waals surface area contributed by atoms with Crippen molar-refractivity contribution in [2.45, 2.75) is 27.0 Å². The van der Waals surface area contributed by atoms with Gasteiger partial charge in [-0.25, -0.2) is 0 Å². The SMILES string of the molecule is COc1cc(CNc2ccc(C)c(Cl)c2)cc(Cl)c1OCc1cccc(C)c1. The molecule has 146 valence electrons. The van der Waals surface area contributed by atoms with Gasteiger partial charge in [0.15, 0.2) is 11.5 Å². The second kappa shape index (κ2) is 9.22. The van der Waals surface area contributed by atoms with Gasteiger partial charge in [-0.15, -0.1) is 0 Å². The highest BCUT2D eigenvalue weighted by Gasteiger charge is 2.13. The standard InChI is InChI=1S/C23H23Cl2NO2/c1-15-5-4-6-17(9-15)14-28-23-21(25)10-18(11-22(23)27-3)13-26-19-8-7-16(2)20(24)12-19/h4-12,26H,13-14H2,1-3H3. The van der Waals surface area contributed by atoms with Crippen molar-refractivity contribution in [3.63, 3.8) is 0 Å². The van der Waals surface area contributed by atoms with Crippen LogP contribution in [0.15, 0.2) is 54.6 Å². The molecule has 0 aliphatic rings. The third-order valence-corrected chi connectivity index (χ3v) is 5.11. The van der Waals surface area contributed by atoms with E-state index in [-0.39, 0.29) is 0 Å². The molecule has 0 aromatic heterocycles. The molecule has 3 aromatic rings. The van der Waals surface area contributed by atoms with Crippen molar-refractivity contribution < 1.29 is 9.47 Å². The number of benzene rings is 3. The highest BCUT2D eigenvalue weighted by Crippen LogP contribution is 2.37. The van der Waals surface area contributed by atoms with Gasteiger partial charge in [-0.1, -0.05) is 59.1 Å². The lowest BCUT2D eigenvalue weighted by Gasteiger charge is -2.15. The molecule has 0 unspecified atom stereocenters. The van der Waals surface area contributed by atoms with Crippen molar-refractivity contribution in [2.24, 2.45) is 0 Å². The fourth-order valence-corrected chi connectivity index (χ4v) is 3.35. The van der Waals surface area contributed by atoms with Crippen molar-refractivity contribution in [2.75, 3.05) is 12.4 Å². The van der Waals surface area contributed by atoms with E-state index in [9.17, 15) is 0 Å². The van der Waals surface area contributed by atoms with Gasteiger partial charge in [-0.2, -0.15) is 0 Å². The minimum Gasteiger partial charge on any atom is -0.493 e. The summed E-state index contributed by atoms with van der Waals surface area (Å²) in [6.07, 6.45) is 0. The normalized spacial score (nSPS) is 10.6. The summed E-state index contributed by atoms with van der Waals surface area (Å²) in [6, 6.07) is 17.9. The van der Waals surface area contributed by atoms with E-state index in [0.717, 1.165) is 27.4 Å². The Hall–Kier alpha value is -2.36. The van der Waals surface area contributed by atoms with Gasteiger partial charge in [0, 0.05) is 17.3 Å². The van der Waals surface area contributed by atoms with Crippen LogP contribution in [0.2, 0.25) is 10.0 Å².